The third kappa shape index (κ3) is 12.7. The van der Waals surface area contributed by atoms with E-state index in [0.29, 0.717) is 0 Å². The molecule has 66 heavy (non-hydrogen) atoms. The first-order valence-electron chi connectivity index (χ1n) is 22.5. The summed E-state index contributed by atoms with van der Waals surface area (Å²) in [6.45, 7) is 13.2. The summed E-state index contributed by atoms with van der Waals surface area (Å²) < 4.78 is 0. The van der Waals surface area contributed by atoms with Crippen molar-refractivity contribution in [3.63, 3.8) is 0 Å². The van der Waals surface area contributed by atoms with Gasteiger partial charge in [0.15, 0.2) is 0 Å². The van der Waals surface area contributed by atoms with Gasteiger partial charge < -0.3 is 19.8 Å². The highest BCUT2D eigenvalue weighted by Crippen LogP contribution is 2.59. The van der Waals surface area contributed by atoms with Crippen molar-refractivity contribution in [2.45, 2.75) is 66.7 Å². The lowest BCUT2D eigenvalue weighted by Gasteiger charge is -2.28. The van der Waals surface area contributed by atoms with Crippen LogP contribution in [0.25, 0.3) is 0 Å². The Kier molecular flexibility index (Phi) is 17.2. The zero-order valence-corrected chi connectivity index (χ0v) is 40.8. The fraction of sp³-hybridized carbons (Fsp3) is 0.167. The van der Waals surface area contributed by atoms with E-state index in [-0.39, 0.29) is 0 Å². The van der Waals surface area contributed by atoms with Crippen molar-refractivity contribution in [1.29, 1.82) is 0 Å². The molecule has 4 nitrogen and oxygen atoms in total. The fourth-order valence-electron chi connectivity index (χ4n) is 8.55. The molecule has 8 aromatic rings. The molecule has 0 radical (unpaired) electrons. The van der Waals surface area contributed by atoms with E-state index in [2.05, 4.69) is 248 Å². The van der Waals surface area contributed by atoms with Crippen molar-refractivity contribution in [1.82, 2.24) is 0 Å². The highest BCUT2D eigenvalue weighted by Gasteiger charge is 2.47. The molecule has 0 bridgehead atoms. The molecule has 0 atom stereocenters. The summed E-state index contributed by atoms with van der Waals surface area (Å²) >= 11 is 0. The van der Waals surface area contributed by atoms with Crippen molar-refractivity contribution >= 4 is 58.3 Å². The Labute approximate surface area is 393 Å². The van der Waals surface area contributed by atoms with Crippen molar-refractivity contribution in [3.8, 4) is 0 Å². The number of hydrogen-bond acceptors (Lipinski definition) is 4. The molecular formula is C60H60O4P2. The first-order valence-corrected chi connectivity index (χ1v) is 26.4. The Morgan fingerprint density at radius 1 is 0.318 bits per heavy atom. The summed E-state index contributed by atoms with van der Waals surface area (Å²) in [7, 11) is -3.71. The highest BCUT2D eigenvalue weighted by atomic mass is 31.2. The molecule has 0 aliphatic heterocycles. The number of carbonyl (C=O) groups excluding carboxylic acids is 2. The van der Waals surface area contributed by atoms with Crippen LogP contribution in [0, 0.1) is 41.5 Å². The van der Waals surface area contributed by atoms with Gasteiger partial charge in [-0.2, -0.15) is 0 Å². The van der Waals surface area contributed by atoms with Crippen LogP contribution in [0.1, 0.15) is 57.3 Å². The molecule has 0 aromatic heterocycles. The van der Waals surface area contributed by atoms with Crippen molar-refractivity contribution in [2.75, 3.05) is 0 Å². The molecule has 0 saturated carbocycles. The number of benzene rings is 8. The quantitative estimate of drug-likeness (QED) is 0.108. The normalized spacial score (nSPS) is 11.1. The topological polar surface area (TPSA) is 80.3 Å². The van der Waals surface area contributed by atoms with E-state index in [9.17, 15) is 19.8 Å². The summed E-state index contributed by atoms with van der Waals surface area (Å²) in [5.74, 6) is -2.73. The summed E-state index contributed by atoms with van der Waals surface area (Å²) in [6.07, 6.45) is 1.12. The lowest BCUT2D eigenvalue weighted by atomic mass is 10.2. The van der Waals surface area contributed by atoms with Crippen LogP contribution in [-0.2, 0) is 21.9 Å². The molecule has 0 heterocycles. The van der Waals surface area contributed by atoms with Gasteiger partial charge in [-0.05, 0) is 172 Å². The van der Waals surface area contributed by atoms with Crippen molar-refractivity contribution in [3.05, 3.63) is 251 Å². The van der Waals surface area contributed by atoms with Gasteiger partial charge in [0, 0.05) is 11.9 Å². The number of carboxylic acids is 2. The summed E-state index contributed by atoms with van der Waals surface area (Å²) in [4.78, 5) is 19.0. The second-order valence-electron chi connectivity index (χ2n) is 17.2. The molecule has 0 aliphatic carbocycles. The van der Waals surface area contributed by atoms with Gasteiger partial charge in [0.05, 0.1) is 12.3 Å². The van der Waals surface area contributed by atoms with E-state index in [4.69, 9.17) is 0 Å². The van der Waals surface area contributed by atoms with Crippen LogP contribution in [0.15, 0.2) is 206 Å². The molecule has 0 unspecified atom stereocenters. The Morgan fingerprint density at radius 2 is 0.530 bits per heavy atom. The van der Waals surface area contributed by atoms with Crippen LogP contribution in [0.3, 0.4) is 0 Å². The molecular weight excluding hydrogens is 847 g/mol. The van der Waals surface area contributed by atoms with Crippen LogP contribution in [0.2, 0.25) is 0 Å². The van der Waals surface area contributed by atoms with Gasteiger partial charge in [0.2, 0.25) is 0 Å². The van der Waals surface area contributed by atoms with Crippen LogP contribution in [0.4, 0.5) is 0 Å². The number of carbonyl (C=O) groups is 2. The third-order valence-electron chi connectivity index (χ3n) is 11.7. The second kappa shape index (κ2) is 23.1. The SMILES string of the molecule is Cc1cccc([P+](Cc2ccccc2)(c2cccc(C)c2)c2cccc(C)c2)c1.Cc1cccc([P+](Cc2ccccc2)(c2cccc(C)c2)c2cccc(C)c2)c1.O=C([O-])CCC(=O)[O-]. The van der Waals surface area contributed by atoms with Crippen LogP contribution < -0.4 is 42.0 Å². The predicted molar refractivity (Wildman–Crippen MR) is 278 cm³/mol. The van der Waals surface area contributed by atoms with Gasteiger partial charge in [-0.25, -0.2) is 0 Å². The Hall–Kier alpha value is -6.44. The van der Waals surface area contributed by atoms with Gasteiger partial charge in [-0.3, -0.25) is 0 Å². The lowest BCUT2D eigenvalue weighted by molar-refractivity contribution is -0.315. The van der Waals surface area contributed by atoms with E-state index in [0.717, 1.165) is 12.3 Å². The number of aryl methyl sites for hydroxylation is 6. The van der Waals surface area contributed by atoms with E-state index in [1.807, 2.05) is 0 Å². The lowest BCUT2D eigenvalue weighted by Crippen LogP contribution is -2.33. The minimum absolute atomic E-state index is 0.470. The predicted octanol–water partition coefficient (Wildman–Crippen LogP) is 9.48. The standard InChI is InChI=1S/2C28H28P.C4H6O4/c2*1-22-10-7-15-26(18-22)29(21-25-13-5-4-6-14-25,27-16-8-11-23(2)19-27)28-17-9-12-24(3)20-28;5-3(6)1-2-4(7)8/h2*4-20H,21H2,1-3H3;1-2H2,(H,5,6)(H,7,8)/q2*+1;/p-2. The minimum atomic E-state index is -1.86. The second-order valence-corrected chi connectivity index (χ2v) is 24.2. The first kappa shape index (κ1) is 49.0. The fourth-order valence-corrected chi connectivity index (χ4v) is 17.5. The summed E-state index contributed by atoms with van der Waals surface area (Å²) in [5.41, 5.74) is 10.7. The molecule has 0 spiro atoms. The highest BCUT2D eigenvalue weighted by molar-refractivity contribution is 7.95. The smallest absolute Gasteiger partial charge is 0.116 e. The zero-order chi connectivity index (χ0) is 47.1. The zero-order valence-electron chi connectivity index (χ0n) is 39.0. The maximum Gasteiger partial charge on any atom is 0.116 e. The summed E-state index contributed by atoms with van der Waals surface area (Å²) in [5, 5.41) is 27.7. The molecule has 334 valence electrons. The maximum atomic E-state index is 9.50. The molecule has 6 heteroatoms. The molecule has 0 fully saturated rings. The Bertz CT molecular complexity index is 2440. The Balaban J connectivity index is 0.000000188. The van der Waals surface area contributed by atoms with Gasteiger partial charge in [0.25, 0.3) is 0 Å². The minimum Gasteiger partial charge on any atom is -0.550 e. The van der Waals surface area contributed by atoms with Crippen LogP contribution in [-0.4, -0.2) is 11.9 Å². The molecule has 0 amide bonds. The van der Waals surface area contributed by atoms with Gasteiger partial charge in [-0.1, -0.05) is 133 Å². The van der Waals surface area contributed by atoms with Crippen LogP contribution >= 0.6 is 14.5 Å². The average Bonchev–Trinajstić information content (AvgIpc) is 3.30. The third-order valence-corrected chi connectivity index (χ3v) is 20.4. The van der Waals surface area contributed by atoms with Gasteiger partial charge >= 0.3 is 0 Å². The average molecular weight is 907 g/mol. The maximum absolute atomic E-state index is 9.50. The molecule has 8 aromatic carbocycles. The van der Waals surface area contributed by atoms with E-state index in [1.165, 1.54) is 76.3 Å². The number of rotatable bonds is 13. The first-order chi connectivity index (χ1) is 31.8. The van der Waals surface area contributed by atoms with Crippen molar-refractivity contribution < 1.29 is 19.8 Å². The van der Waals surface area contributed by atoms with E-state index in [1.54, 1.807) is 0 Å². The molecule has 8 rings (SSSR count). The monoisotopic (exact) mass is 906 g/mol. The summed E-state index contributed by atoms with van der Waals surface area (Å²) in [6, 6.07) is 76.9. The number of aliphatic carboxylic acids is 2. The van der Waals surface area contributed by atoms with Gasteiger partial charge in [-0.15, -0.1) is 0 Å². The van der Waals surface area contributed by atoms with E-state index >= 15 is 0 Å². The van der Waals surface area contributed by atoms with Crippen LogP contribution in [0.5, 0.6) is 0 Å². The largest absolute Gasteiger partial charge is 0.550 e. The number of hydrogen-bond donors (Lipinski definition) is 0. The molecule has 0 saturated heterocycles. The molecule has 0 N–H and O–H groups in total. The van der Waals surface area contributed by atoms with Crippen molar-refractivity contribution in [2.24, 2.45) is 0 Å². The number of carboxylic acid groups (broad SMARTS) is 2. The molecule has 0 aliphatic rings. The van der Waals surface area contributed by atoms with Gasteiger partial charge in [0.1, 0.15) is 46.4 Å². The van der Waals surface area contributed by atoms with E-state index < -0.39 is 39.3 Å². The Morgan fingerprint density at radius 3 is 0.712 bits per heavy atom.